The minimum atomic E-state index is -0.330. The van der Waals surface area contributed by atoms with Crippen molar-refractivity contribution in [1.29, 1.82) is 0 Å². The van der Waals surface area contributed by atoms with Crippen LogP contribution in [0.1, 0.15) is 12.5 Å². The molecule has 5 nitrogen and oxygen atoms in total. The summed E-state index contributed by atoms with van der Waals surface area (Å²) in [7, 11) is 2.03. The maximum atomic E-state index is 12.4. The quantitative estimate of drug-likeness (QED) is 0.898. The van der Waals surface area contributed by atoms with Crippen LogP contribution in [-0.4, -0.2) is 67.7 Å². The number of nitrogens with zero attached hydrogens (tertiary/aromatic N) is 2. The first-order chi connectivity index (χ1) is 11.1. The third kappa shape index (κ3) is 4.31. The summed E-state index contributed by atoms with van der Waals surface area (Å²) in [5, 5.41) is 3.20. The van der Waals surface area contributed by atoms with E-state index in [0.29, 0.717) is 19.1 Å². The van der Waals surface area contributed by atoms with E-state index in [-0.39, 0.29) is 18.1 Å². The number of likely N-dealkylation sites (N-methyl/N-ethyl adjacent to an activating group) is 1. The summed E-state index contributed by atoms with van der Waals surface area (Å²) in [6, 6.07) is 10.7. The summed E-state index contributed by atoms with van der Waals surface area (Å²) in [4.78, 5) is 17.0. The zero-order chi connectivity index (χ0) is 16.2. The van der Waals surface area contributed by atoms with Crippen molar-refractivity contribution in [3.05, 3.63) is 35.9 Å². The first kappa shape index (κ1) is 16.4. The lowest BCUT2D eigenvalue weighted by atomic mass is 10.1. The molecule has 5 heteroatoms. The van der Waals surface area contributed by atoms with E-state index in [4.69, 9.17) is 4.74 Å². The Morgan fingerprint density at radius 3 is 2.78 bits per heavy atom. The molecule has 3 rings (SSSR count). The zero-order valence-electron chi connectivity index (χ0n) is 14.1. The van der Waals surface area contributed by atoms with E-state index >= 15 is 0 Å². The minimum absolute atomic E-state index is 0.0370. The third-order valence-electron chi connectivity index (χ3n) is 4.83. The predicted octanol–water partition coefficient (Wildman–Crippen LogP) is 0.954. The van der Waals surface area contributed by atoms with Crippen molar-refractivity contribution in [3.63, 3.8) is 0 Å². The van der Waals surface area contributed by atoms with Gasteiger partial charge in [0.25, 0.3) is 5.91 Å². The van der Waals surface area contributed by atoms with Crippen molar-refractivity contribution in [2.45, 2.75) is 25.6 Å². The molecule has 1 aromatic rings. The van der Waals surface area contributed by atoms with Gasteiger partial charge < -0.3 is 15.0 Å². The molecule has 2 heterocycles. The fourth-order valence-corrected chi connectivity index (χ4v) is 3.44. The van der Waals surface area contributed by atoms with Gasteiger partial charge in [-0.05, 0) is 18.5 Å². The first-order valence-electron chi connectivity index (χ1n) is 8.48. The number of benzene rings is 1. The second kappa shape index (κ2) is 7.43. The van der Waals surface area contributed by atoms with Crippen LogP contribution >= 0.6 is 0 Å². The Kier molecular flexibility index (Phi) is 5.30. The summed E-state index contributed by atoms with van der Waals surface area (Å²) >= 11 is 0. The van der Waals surface area contributed by atoms with Gasteiger partial charge >= 0.3 is 0 Å². The molecule has 2 saturated heterocycles. The van der Waals surface area contributed by atoms with Crippen LogP contribution in [0.2, 0.25) is 0 Å². The minimum Gasteiger partial charge on any atom is -0.366 e. The Morgan fingerprint density at radius 1 is 1.26 bits per heavy atom. The lowest BCUT2D eigenvalue weighted by Gasteiger charge is -2.30. The van der Waals surface area contributed by atoms with Crippen molar-refractivity contribution in [1.82, 2.24) is 15.1 Å². The highest BCUT2D eigenvalue weighted by Gasteiger charge is 2.33. The fourth-order valence-electron chi connectivity index (χ4n) is 3.44. The number of carbonyl (C=O) groups excluding carboxylic acids is 1. The Balaban J connectivity index is 1.51. The topological polar surface area (TPSA) is 44.8 Å². The molecule has 0 saturated carbocycles. The average Bonchev–Trinajstić information content (AvgIpc) is 2.87. The number of likely N-dealkylation sites (tertiary alicyclic amines) is 1. The molecule has 1 aromatic carbocycles. The second-order valence-electron chi connectivity index (χ2n) is 6.89. The standard InChI is InChI=1S/C18H27N3O2/c1-14-10-21(11-15-6-4-3-5-7-15)12-16(14)19-18(22)17-13-20(2)8-9-23-17/h3-7,14,16-17H,8-13H2,1-2H3,(H,19,22)/t14-,16+,17-/m1/s1. The molecule has 23 heavy (non-hydrogen) atoms. The number of rotatable bonds is 4. The van der Waals surface area contributed by atoms with E-state index in [0.717, 1.165) is 26.2 Å². The molecule has 0 unspecified atom stereocenters. The van der Waals surface area contributed by atoms with E-state index in [2.05, 4.69) is 46.3 Å². The summed E-state index contributed by atoms with van der Waals surface area (Å²) < 4.78 is 5.61. The van der Waals surface area contributed by atoms with Crippen LogP contribution in [0, 0.1) is 5.92 Å². The highest BCUT2D eigenvalue weighted by molar-refractivity contribution is 5.81. The van der Waals surface area contributed by atoms with Crippen molar-refractivity contribution < 1.29 is 9.53 Å². The Bertz CT molecular complexity index is 522. The van der Waals surface area contributed by atoms with E-state index < -0.39 is 0 Å². The van der Waals surface area contributed by atoms with Gasteiger partial charge in [0.2, 0.25) is 0 Å². The Hall–Kier alpha value is -1.43. The van der Waals surface area contributed by atoms with E-state index in [1.807, 2.05) is 13.1 Å². The van der Waals surface area contributed by atoms with Gasteiger partial charge in [-0.3, -0.25) is 9.69 Å². The Labute approximate surface area is 138 Å². The monoisotopic (exact) mass is 317 g/mol. The maximum absolute atomic E-state index is 12.4. The maximum Gasteiger partial charge on any atom is 0.250 e. The lowest BCUT2D eigenvalue weighted by molar-refractivity contribution is -0.138. The fraction of sp³-hybridized carbons (Fsp3) is 0.611. The van der Waals surface area contributed by atoms with Gasteiger partial charge in [-0.25, -0.2) is 0 Å². The number of nitrogens with one attached hydrogen (secondary N) is 1. The molecule has 2 aliphatic rings. The predicted molar refractivity (Wildman–Crippen MR) is 90.1 cm³/mol. The van der Waals surface area contributed by atoms with Crippen molar-refractivity contribution in [3.8, 4) is 0 Å². The van der Waals surface area contributed by atoms with Crippen molar-refractivity contribution >= 4 is 5.91 Å². The summed E-state index contributed by atoms with van der Waals surface area (Å²) in [5.41, 5.74) is 1.32. The van der Waals surface area contributed by atoms with E-state index in [1.165, 1.54) is 5.56 Å². The third-order valence-corrected chi connectivity index (χ3v) is 4.83. The highest BCUT2D eigenvalue weighted by atomic mass is 16.5. The number of carbonyl (C=O) groups is 1. The van der Waals surface area contributed by atoms with Crippen LogP contribution < -0.4 is 5.32 Å². The van der Waals surface area contributed by atoms with E-state index in [9.17, 15) is 4.79 Å². The SMILES string of the molecule is C[C@@H]1CN(Cc2ccccc2)C[C@@H]1NC(=O)[C@H]1CN(C)CCO1. The molecule has 1 N–H and O–H groups in total. The zero-order valence-corrected chi connectivity index (χ0v) is 14.1. The first-order valence-corrected chi connectivity index (χ1v) is 8.48. The van der Waals surface area contributed by atoms with Crippen LogP contribution in [0.15, 0.2) is 30.3 Å². The molecular weight excluding hydrogens is 290 g/mol. The molecule has 0 aromatic heterocycles. The van der Waals surface area contributed by atoms with Gasteiger partial charge in [-0.15, -0.1) is 0 Å². The van der Waals surface area contributed by atoms with Crippen LogP contribution in [0.4, 0.5) is 0 Å². The molecule has 2 fully saturated rings. The summed E-state index contributed by atoms with van der Waals surface area (Å²) in [6.07, 6.45) is -0.330. The number of amides is 1. The molecule has 0 aliphatic carbocycles. The normalized spacial score (nSPS) is 29.6. The smallest absolute Gasteiger partial charge is 0.250 e. The molecule has 0 spiro atoms. The number of morpholine rings is 1. The van der Waals surface area contributed by atoms with Gasteiger partial charge in [0, 0.05) is 38.8 Å². The van der Waals surface area contributed by atoms with Gasteiger partial charge in [-0.1, -0.05) is 37.3 Å². The van der Waals surface area contributed by atoms with Gasteiger partial charge in [-0.2, -0.15) is 0 Å². The number of hydrogen-bond donors (Lipinski definition) is 1. The lowest BCUT2D eigenvalue weighted by Crippen LogP contribution is -2.52. The number of ether oxygens (including phenoxy) is 1. The van der Waals surface area contributed by atoms with Crippen molar-refractivity contribution in [2.24, 2.45) is 5.92 Å². The molecule has 1 amide bonds. The summed E-state index contributed by atoms with van der Waals surface area (Å²) in [5.74, 6) is 0.499. The van der Waals surface area contributed by atoms with Gasteiger partial charge in [0.05, 0.1) is 6.61 Å². The molecule has 3 atom stereocenters. The summed E-state index contributed by atoms with van der Waals surface area (Å²) in [6.45, 7) is 7.30. The average molecular weight is 317 g/mol. The van der Waals surface area contributed by atoms with Gasteiger partial charge in [0.1, 0.15) is 6.10 Å². The van der Waals surface area contributed by atoms with Crippen molar-refractivity contribution in [2.75, 3.05) is 39.8 Å². The second-order valence-corrected chi connectivity index (χ2v) is 6.89. The molecule has 0 radical (unpaired) electrons. The molecule has 126 valence electrons. The van der Waals surface area contributed by atoms with Crippen LogP contribution in [0.5, 0.6) is 0 Å². The Morgan fingerprint density at radius 2 is 2.04 bits per heavy atom. The van der Waals surface area contributed by atoms with Crippen LogP contribution in [0.25, 0.3) is 0 Å². The highest BCUT2D eigenvalue weighted by Crippen LogP contribution is 2.19. The van der Waals surface area contributed by atoms with Gasteiger partial charge in [0.15, 0.2) is 0 Å². The largest absolute Gasteiger partial charge is 0.366 e. The van der Waals surface area contributed by atoms with Crippen LogP contribution in [-0.2, 0) is 16.1 Å². The van der Waals surface area contributed by atoms with Crippen LogP contribution in [0.3, 0.4) is 0 Å². The number of hydrogen-bond acceptors (Lipinski definition) is 4. The molecule has 0 bridgehead atoms. The molecular formula is C18H27N3O2. The molecule has 2 aliphatic heterocycles. The van der Waals surface area contributed by atoms with E-state index in [1.54, 1.807) is 0 Å².